The zero-order valence-electron chi connectivity index (χ0n) is 11.2. The predicted octanol–water partition coefficient (Wildman–Crippen LogP) is 0.350. The molecule has 1 aromatic rings. The molecule has 2 heterocycles. The second-order valence-corrected chi connectivity index (χ2v) is 6.47. The van der Waals surface area contributed by atoms with Crippen molar-refractivity contribution in [2.24, 2.45) is 5.73 Å². The first-order valence-electron chi connectivity index (χ1n) is 6.90. The van der Waals surface area contributed by atoms with Crippen LogP contribution in [0.15, 0.2) is 16.1 Å². The Bertz CT molecular complexity index is 593. The zero-order chi connectivity index (χ0) is 14.2. The van der Waals surface area contributed by atoms with E-state index in [1.165, 1.54) is 18.0 Å². The highest BCUT2D eigenvalue weighted by Crippen LogP contribution is 2.29. The molecule has 0 radical (unpaired) electrons. The third-order valence-corrected chi connectivity index (χ3v) is 5.10. The summed E-state index contributed by atoms with van der Waals surface area (Å²) >= 11 is 1.54. The van der Waals surface area contributed by atoms with E-state index in [4.69, 9.17) is 5.73 Å². The van der Waals surface area contributed by atoms with Crippen molar-refractivity contribution in [3.8, 4) is 0 Å². The average Bonchev–Trinajstić information content (AvgIpc) is 3.08. The van der Waals surface area contributed by atoms with Gasteiger partial charge in [-0.2, -0.15) is 0 Å². The lowest BCUT2D eigenvalue weighted by atomic mass is 9.97. The van der Waals surface area contributed by atoms with E-state index in [9.17, 15) is 9.59 Å². The highest BCUT2D eigenvalue weighted by atomic mass is 32.2. The largest absolute Gasteiger partial charge is 0.345 e. The van der Waals surface area contributed by atoms with E-state index in [-0.39, 0.29) is 22.6 Å². The van der Waals surface area contributed by atoms with Crippen LogP contribution < -0.4 is 16.6 Å². The Morgan fingerprint density at radius 3 is 2.95 bits per heavy atom. The van der Waals surface area contributed by atoms with Crippen molar-refractivity contribution in [1.29, 1.82) is 0 Å². The van der Waals surface area contributed by atoms with Gasteiger partial charge >= 0.3 is 0 Å². The summed E-state index contributed by atoms with van der Waals surface area (Å²) in [6.07, 6.45) is 5.28. The molecule has 108 valence electrons. The summed E-state index contributed by atoms with van der Waals surface area (Å²) in [6.45, 7) is 1.03. The normalized spacial score (nSPS) is 19.9. The van der Waals surface area contributed by atoms with Gasteiger partial charge in [0.1, 0.15) is 5.56 Å². The Morgan fingerprint density at radius 2 is 2.25 bits per heavy atom. The molecule has 2 aliphatic rings. The standard InChI is InChI=1S/C13H18N4O2S/c14-8-13(3-1-2-4-13)16-10(18)9-7-15-12-17(11(9)19)5-6-20-12/h7H,1-6,8,14H2,(H,16,18). The van der Waals surface area contributed by atoms with Crippen LogP contribution in [0.5, 0.6) is 0 Å². The maximum atomic E-state index is 12.4. The van der Waals surface area contributed by atoms with Gasteiger partial charge in [0, 0.05) is 25.0 Å². The summed E-state index contributed by atoms with van der Waals surface area (Å²) in [5.41, 5.74) is 5.33. The summed E-state index contributed by atoms with van der Waals surface area (Å²) < 4.78 is 1.57. The Kier molecular flexibility index (Phi) is 3.55. The molecule has 0 saturated heterocycles. The van der Waals surface area contributed by atoms with Crippen LogP contribution in [0.2, 0.25) is 0 Å². The number of rotatable bonds is 3. The van der Waals surface area contributed by atoms with Crippen molar-refractivity contribution in [3.63, 3.8) is 0 Å². The molecule has 7 heteroatoms. The smallest absolute Gasteiger partial charge is 0.267 e. The van der Waals surface area contributed by atoms with Gasteiger partial charge in [-0.3, -0.25) is 14.2 Å². The number of nitrogens with one attached hydrogen (secondary N) is 1. The van der Waals surface area contributed by atoms with Gasteiger partial charge in [-0.1, -0.05) is 24.6 Å². The first-order chi connectivity index (χ1) is 9.65. The molecule has 6 nitrogen and oxygen atoms in total. The lowest BCUT2D eigenvalue weighted by Gasteiger charge is -2.28. The Hall–Kier alpha value is -1.34. The Labute approximate surface area is 121 Å². The maximum absolute atomic E-state index is 12.4. The minimum Gasteiger partial charge on any atom is -0.345 e. The molecule has 1 saturated carbocycles. The van der Waals surface area contributed by atoms with Crippen LogP contribution in [-0.4, -0.2) is 33.3 Å². The SMILES string of the molecule is NCC1(NC(=O)c2cnc3n(c2=O)CCS3)CCCC1. The minimum atomic E-state index is -0.345. The van der Waals surface area contributed by atoms with E-state index in [1.807, 2.05) is 0 Å². The van der Waals surface area contributed by atoms with Crippen molar-refractivity contribution in [2.45, 2.75) is 42.9 Å². The van der Waals surface area contributed by atoms with Crippen LogP contribution in [0.3, 0.4) is 0 Å². The minimum absolute atomic E-state index is 0.121. The van der Waals surface area contributed by atoms with Gasteiger partial charge < -0.3 is 11.1 Å². The van der Waals surface area contributed by atoms with Gasteiger partial charge in [0.15, 0.2) is 5.16 Å². The monoisotopic (exact) mass is 294 g/mol. The second kappa shape index (κ2) is 5.21. The molecule has 0 spiro atoms. The third kappa shape index (κ3) is 2.25. The predicted molar refractivity (Wildman–Crippen MR) is 76.9 cm³/mol. The molecule has 20 heavy (non-hydrogen) atoms. The molecule has 0 bridgehead atoms. The number of carbonyl (C=O) groups is 1. The summed E-state index contributed by atoms with van der Waals surface area (Å²) in [7, 11) is 0. The van der Waals surface area contributed by atoms with Gasteiger partial charge in [0.2, 0.25) is 0 Å². The lowest BCUT2D eigenvalue weighted by Crippen LogP contribution is -2.52. The molecule has 1 aromatic heterocycles. The number of hydrogen-bond donors (Lipinski definition) is 2. The fraction of sp³-hybridized carbons (Fsp3) is 0.615. The van der Waals surface area contributed by atoms with Crippen molar-refractivity contribution < 1.29 is 4.79 Å². The first kappa shape index (κ1) is 13.6. The molecule has 1 aliphatic carbocycles. The Balaban J connectivity index is 1.86. The molecule has 1 amide bonds. The van der Waals surface area contributed by atoms with Crippen LogP contribution in [0, 0.1) is 0 Å². The molecule has 0 aromatic carbocycles. The fourth-order valence-electron chi connectivity index (χ4n) is 2.91. The molecule has 0 atom stereocenters. The van der Waals surface area contributed by atoms with Crippen molar-refractivity contribution >= 4 is 17.7 Å². The van der Waals surface area contributed by atoms with Crippen LogP contribution in [0.4, 0.5) is 0 Å². The van der Waals surface area contributed by atoms with Gasteiger partial charge in [0.25, 0.3) is 11.5 Å². The molecular formula is C13H18N4O2S. The van der Waals surface area contributed by atoms with Gasteiger partial charge in [-0.15, -0.1) is 0 Å². The van der Waals surface area contributed by atoms with Crippen molar-refractivity contribution in [1.82, 2.24) is 14.9 Å². The number of hydrogen-bond acceptors (Lipinski definition) is 5. The topological polar surface area (TPSA) is 90.0 Å². The highest BCUT2D eigenvalue weighted by molar-refractivity contribution is 7.99. The average molecular weight is 294 g/mol. The number of nitrogens with zero attached hydrogens (tertiary/aromatic N) is 2. The first-order valence-corrected chi connectivity index (χ1v) is 7.89. The summed E-state index contributed by atoms with van der Waals surface area (Å²) in [4.78, 5) is 28.8. The number of amides is 1. The van der Waals surface area contributed by atoms with E-state index < -0.39 is 0 Å². The highest BCUT2D eigenvalue weighted by Gasteiger charge is 2.35. The lowest BCUT2D eigenvalue weighted by molar-refractivity contribution is 0.0900. The van der Waals surface area contributed by atoms with Gasteiger partial charge in [-0.05, 0) is 12.8 Å². The van der Waals surface area contributed by atoms with Crippen LogP contribution in [0.1, 0.15) is 36.0 Å². The molecule has 3 rings (SSSR count). The van der Waals surface area contributed by atoms with Gasteiger partial charge in [-0.25, -0.2) is 4.98 Å². The number of fused-ring (bicyclic) bond motifs is 1. The molecule has 1 aliphatic heterocycles. The zero-order valence-corrected chi connectivity index (χ0v) is 12.0. The summed E-state index contributed by atoms with van der Waals surface area (Å²) in [5.74, 6) is 0.488. The second-order valence-electron chi connectivity index (χ2n) is 5.41. The van der Waals surface area contributed by atoms with Gasteiger partial charge in [0.05, 0.1) is 5.54 Å². The van der Waals surface area contributed by atoms with Crippen molar-refractivity contribution in [3.05, 3.63) is 22.1 Å². The van der Waals surface area contributed by atoms with E-state index in [0.29, 0.717) is 18.2 Å². The molecular weight excluding hydrogens is 276 g/mol. The quantitative estimate of drug-likeness (QED) is 0.785. The fourth-order valence-corrected chi connectivity index (χ4v) is 3.83. The van der Waals surface area contributed by atoms with Crippen LogP contribution in [-0.2, 0) is 6.54 Å². The number of thioether (sulfide) groups is 1. The third-order valence-electron chi connectivity index (χ3n) is 4.13. The Morgan fingerprint density at radius 1 is 1.50 bits per heavy atom. The molecule has 0 unspecified atom stereocenters. The molecule has 1 fully saturated rings. The van der Waals surface area contributed by atoms with E-state index in [2.05, 4.69) is 10.3 Å². The molecule has 3 N–H and O–H groups in total. The summed E-state index contributed by atoms with van der Waals surface area (Å²) in [5, 5.41) is 3.66. The van der Waals surface area contributed by atoms with E-state index in [0.717, 1.165) is 31.4 Å². The van der Waals surface area contributed by atoms with Crippen LogP contribution in [0.25, 0.3) is 0 Å². The van der Waals surface area contributed by atoms with E-state index >= 15 is 0 Å². The number of carbonyl (C=O) groups excluding carboxylic acids is 1. The van der Waals surface area contributed by atoms with Crippen LogP contribution >= 0.6 is 11.8 Å². The van der Waals surface area contributed by atoms with E-state index in [1.54, 1.807) is 4.57 Å². The van der Waals surface area contributed by atoms with Crippen molar-refractivity contribution in [2.75, 3.05) is 12.3 Å². The maximum Gasteiger partial charge on any atom is 0.267 e. The number of aromatic nitrogens is 2. The summed E-state index contributed by atoms with van der Waals surface area (Å²) in [6, 6.07) is 0. The number of nitrogens with two attached hydrogens (primary N) is 1.